The predicted octanol–water partition coefficient (Wildman–Crippen LogP) is 4.97. The van der Waals surface area contributed by atoms with Gasteiger partial charge in [-0.05, 0) is 25.0 Å². The van der Waals surface area contributed by atoms with Gasteiger partial charge < -0.3 is 14.0 Å². The van der Waals surface area contributed by atoms with Crippen LogP contribution in [0.15, 0.2) is 53.7 Å². The number of methoxy groups -OCH3 is 1. The van der Waals surface area contributed by atoms with E-state index in [1.807, 2.05) is 35.8 Å². The maximum Gasteiger partial charge on any atom is 0.270 e. The van der Waals surface area contributed by atoms with Gasteiger partial charge in [0.1, 0.15) is 0 Å². The second-order valence-corrected chi connectivity index (χ2v) is 8.72. The third-order valence-electron chi connectivity index (χ3n) is 4.74. The Morgan fingerprint density at radius 1 is 1.12 bits per heavy atom. The minimum Gasteiger partial charge on any atom is -0.493 e. The van der Waals surface area contributed by atoms with Crippen LogP contribution in [0.2, 0.25) is 0 Å². The fraction of sp³-hybridized carbons (Fsp3) is 0.348. The molecule has 0 saturated carbocycles. The quantitative estimate of drug-likeness (QED) is 0.167. The number of hydrogen-bond acceptors (Lipinski definition) is 8. The zero-order chi connectivity index (χ0) is 24.0. The molecule has 0 saturated heterocycles. The van der Waals surface area contributed by atoms with Crippen molar-refractivity contribution in [3.05, 3.63) is 70.0 Å². The topological polar surface area (TPSA) is 109 Å². The number of hydrogen-bond donors (Lipinski definition) is 0. The first-order valence-electron chi connectivity index (χ1n) is 10.4. The van der Waals surface area contributed by atoms with Gasteiger partial charge in [0.2, 0.25) is 0 Å². The molecule has 0 spiro atoms. The van der Waals surface area contributed by atoms with E-state index in [-0.39, 0.29) is 17.2 Å². The molecule has 1 aromatic heterocycles. The summed E-state index contributed by atoms with van der Waals surface area (Å²) in [6.07, 6.45) is -0.408. The van der Waals surface area contributed by atoms with Crippen molar-refractivity contribution in [3.63, 3.8) is 0 Å². The second-order valence-electron chi connectivity index (χ2n) is 7.78. The van der Waals surface area contributed by atoms with Gasteiger partial charge in [-0.25, -0.2) is 0 Å². The van der Waals surface area contributed by atoms with Crippen LogP contribution in [0.1, 0.15) is 43.1 Å². The highest BCUT2D eigenvalue weighted by Crippen LogP contribution is 2.31. The third-order valence-corrected chi connectivity index (χ3v) is 5.71. The predicted molar refractivity (Wildman–Crippen MR) is 125 cm³/mol. The molecular formula is C23H26N4O5S. The number of non-ortho nitro benzene ring substituents is 1. The van der Waals surface area contributed by atoms with Crippen molar-refractivity contribution in [2.75, 3.05) is 12.9 Å². The summed E-state index contributed by atoms with van der Waals surface area (Å²) in [6.45, 7) is 6.70. The first kappa shape index (κ1) is 24.2. The van der Waals surface area contributed by atoms with Crippen LogP contribution in [0.5, 0.6) is 11.5 Å². The number of ketones is 1. The van der Waals surface area contributed by atoms with Crippen LogP contribution in [0.4, 0.5) is 5.69 Å². The molecule has 3 aromatic rings. The van der Waals surface area contributed by atoms with Gasteiger partial charge in [-0.15, -0.1) is 10.2 Å². The van der Waals surface area contributed by atoms with Gasteiger partial charge in [-0.3, -0.25) is 14.9 Å². The molecule has 0 fully saturated rings. The Morgan fingerprint density at radius 2 is 1.85 bits per heavy atom. The van der Waals surface area contributed by atoms with Crippen molar-refractivity contribution >= 4 is 23.2 Å². The fourth-order valence-electron chi connectivity index (χ4n) is 3.21. The number of thioether (sulfide) groups is 1. The number of nitro groups is 1. The van der Waals surface area contributed by atoms with Gasteiger partial charge in [0.25, 0.3) is 5.69 Å². The van der Waals surface area contributed by atoms with Crippen LogP contribution in [0.25, 0.3) is 0 Å². The third kappa shape index (κ3) is 6.10. The molecular weight excluding hydrogens is 444 g/mol. The smallest absolute Gasteiger partial charge is 0.270 e. The molecule has 10 heteroatoms. The number of carbonyl (C=O) groups is 1. The first-order valence-corrected chi connectivity index (χ1v) is 11.4. The summed E-state index contributed by atoms with van der Waals surface area (Å²) in [7, 11) is 1.58. The average molecular weight is 471 g/mol. The van der Waals surface area contributed by atoms with E-state index >= 15 is 0 Å². The minimum absolute atomic E-state index is 0.0825. The van der Waals surface area contributed by atoms with Crippen LogP contribution < -0.4 is 9.47 Å². The van der Waals surface area contributed by atoms with Crippen molar-refractivity contribution < 1.29 is 19.2 Å². The molecule has 0 bridgehead atoms. The van der Waals surface area contributed by atoms with Crippen molar-refractivity contribution in [1.82, 2.24) is 14.8 Å². The van der Waals surface area contributed by atoms with Crippen molar-refractivity contribution in [2.45, 2.75) is 38.6 Å². The number of aromatic nitrogens is 3. The molecule has 0 N–H and O–H groups in total. The number of benzene rings is 2. The van der Waals surface area contributed by atoms with Crippen LogP contribution in [0.3, 0.4) is 0 Å². The van der Waals surface area contributed by atoms with E-state index in [9.17, 15) is 14.9 Å². The Kier molecular flexibility index (Phi) is 8.05. The van der Waals surface area contributed by atoms with Crippen LogP contribution in [-0.2, 0) is 6.54 Å². The lowest BCUT2D eigenvalue weighted by Crippen LogP contribution is -2.16. The van der Waals surface area contributed by atoms with E-state index in [0.717, 1.165) is 0 Å². The number of carbonyl (C=O) groups excluding carboxylic acids is 1. The summed E-state index contributed by atoms with van der Waals surface area (Å²) in [6, 6.07) is 13.1. The number of ether oxygens (including phenoxy) is 2. The summed E-state index contributed by atoms with van der Waals surface area (Å²) < 4.78 is 13.4. The Balaban J connectivity index is 1.78. The zero-order valence-electron chi connectivity index (χ0n) is 18.9. The molecule has 0 aliphatic rings. The minimum atomic E-state index is -0.515. The molecule has 3 rings (SSSR count). The van der Waals surface area contributed by atoms with Crippen LogP contribution in [-0.4, -0.2) is 38.3 Å². The number of para-hydroxylation sites is 2. The normalized spacial score (nSPS) is 11.9. The molecule has 174 valence electrons. The summed E-state index contributed by atoms with van der Waals surface area (Å²) in [5, 5.41) is 20.2. The molecule has 0 aliphatic carbocycles. The molecule has 0 aliphatic heterocycles. The highest BCUT2D eigenvalue weighted by molar-refractivity contribution is 7.99. The molecule has 0 amide bonds. The summed E-state index contributed by atoms with van der Waals surface area (Å²) in [5.41, 5.74) is 0.179. The standard InChI is InChI=1S/C23H26N4O5S/c1-15(2)13-26-22(16(3)32-21-11-6-5-10-20(21)31-4)24-25-23(26)33-14-19(28)17-8-7-9-18(12-17)27(29)30/h5-12,15-16H,13-14H2,1-4H3. The van der Waals surface area contributed by atoms with E-state index < -0.39 is 11.0 Å². The van der Waals surface area contributed by atoms with E-state index in [0.29, 0.717) is 40.5 Å². The largest absolute Gasteiger partial charge is 0.493 e. The molecule has 1 unspecified atom stereocenters. The van der Waals surface area contributed by atoms with Gasteiger partial charge in [-0.1, -0.05) is 49.9 Å². The lowest BCUT2D eigenvalue weighted by molar-refractivity contribution is -0.384. The molecule has 33 heavy (non-hydrogen) atoms. The Hall–Kier alpha value is -3.40. The lowest BCUT2D eigenvalue weighted by atomic mass is 10.1. The number of Topliss-reactive ketones (excluding diaryl/α,β-unsaturated/α-hetero) is 1. The van der Waals surface area contributed by atoms with Crippen molar-refractivity contribution in [1.29, 1.82) is 0 Å². The summed E-state index contributed by atoms with van der Waals surface area (Å²) in [4.78, 5) is 23.1. The Labute approximate surface area is 196 Å². The lowest BCUT2D eigenvalue weighted by Gasteiger charge is -2.19. The van der Waals surface area contributed by atoms with Crippen molar-refractivity contribution in [3.8, 4) is 11.5 Å². The first-order chi connectivity index (χ1) is 15.8. The van der Waals surface area contributed by atoms with Crippen molar-refractivity contribution in [2.24, 2.45) is 5.92 Å². The maximum absolute atomic E-state index is 12.6. The number of nitrogens with zero attached hydrogens (tertiary/aromatic N) is 4. The maximum atomic E-state index is 12.6. The molecule has 0 radical (unpaired) electrons. The summed E-state index contributed by atoms with van der Waals surface area (Å²) >= 11 is 1.25. The van der Waals surface area contributed by atoms with Gasteiger partial charge >= 0.3 is 0 Å². The number of nitro benzene ring substituents is 1. The Morgan fingerprint density at radius 3 is 2.52 bits per heavy atom. The van der Waals surface area contributed by atoms with E-state index in [1.54, 1.807) is 13.2 Å². The fourth-order valence-corrected chi connectivity index (χ4v) is 4.06. The number of rotatable bonds is 11. The Bertz CT molecular complexity index is 1130. The monoisotopic (exact) mass is 470 g/mol. The zero-order valence-corrected chi connectivity index (χ0v) is 19.7. The highest BCUT2D eigenvalue weighted by Gasteiger charge is 2.22. The van der Waals surface area contributed by atoms with Gasteiger partial charge in [0, 0.05) is 24.2 Å². The van der Waals surface area contributed by atoms with Gasteiger partial charge in [0.05, 0.1) is 17.8 Å². The van der Waals surface area contributed by atoms with Crippen LogP contribution in [0, 0.1) is 16.0 Å². The summed E-state index contributed by atoms with van der Waals surface area (Å²) in [5.74, 6) is 2.03. The van der Waals surface area contributed by atoms with Crippen LogP contribution >= 0.6 is 11.8 Å². The van der Waals surface area contributed by atoms with E-state index in [2.05, 4.69) is 24.0 Å². The second kappa shape index (κ2) is 11.0. The molecule has 9 nitrogen and oxygen atoms in total. The van der Waals surface area contributed by atoms with E-state index in [1.165, 1.54) is 30.0 Å². The van der Waals surface area contributed by atoms with Gasteiger partial charge in [0.15, 0.2) is 34.4 Å². The van der Waals surface area contributed by atoms with E-state index in [4.69, 9.17) is 9.47 Å². The molecule has 2 aromatic carbocycles. The SMILES string of the molecule is COc1ccccc1OC(C)c1nnc(SCC(=O)c2cccc([N+](=O)[O-])c2)n1CC(C)C. The highest BCUT2D eigenvalue weighted by atomic mass is 32.2. The molecule has 1 atom stereocenters. The molecule has 1 heterocycles. The average Bonchev–Trinajstić information content (AvgIpc) is 3.19. The van der Waals surface area contributed by atoms with Gasteiger partial charge in [-0.2, -0.15) is 0 Å².